The van der Waals surface area contributed by atoms with Crippen LogP contribution in [0.3, 0.4) is 0 Å². The van der Waals surface area contributed by atoms with Crippen molar-refractivity contribution in [3.63, 3.8) is 0 Å². The van der Waals surface area contributed by atoms with E-state index in [1.807, 2.05) is 0 Å². The summed E-state index contributed by atoms with van der Waals surface area (Å²) in [7, 11) is -4.37. The van der Waals surface area contributed by atoms with Crippen LogP contribution in [-0.4, -0.2) is 29.1 Å². The average molecular weight is 336 g/mol. The molecule has 6 heteroatoms. The van der Waals surface area contributed by atoms with Crippen molar-refractivity contribution in [1.82, 2.24) is 0 Å². The lowest BCUT2D eigenvalue weighted by molar-refractivity contribution is -0.0177. The molecule has 0 aromatic rings. The highest BCUT2D eigenvalue weighted by Crippen LogP contribution is 2.45. The predicted molar refractivity (Wildman–Crippen MR) is 87.5 cm³/mol. The van der Waals surface area contributed by atoms with Gasteiger partial charge in [0.25, 0.3) is 0 Å². The molecule has 1 saturated carbocycles. The van der Waals surface area contributed by atoms with Crippen LogP contribution in [0.25, 0.3) is 0 Å². The van der Waals surface area contributed by atoms with Crippen LogP contribution >= 0.6 is 7.82 Å². The van der Waals surface area contributed by atoms with Gasteiger partial charge in [-0.15, -0.1) is 0 Å². The summed E-state index contributed by atoms with van der Waals surface area (Å²) in [5.41, 5.74) is 0.684. The second-order valence-corrected chi connectivity index (χ2v) is 9.63. The molecular formula is C16H33O5P. The van der Waals surface area contributed by atoms with Crippen LogP contribution in [0.4, 0.5) is 0 Å². The number of ether oxygens (including phenoxy) is 1. The summed E-state index contributed by atoms with van der Waals surface area (Å²) in [6, 6.07) is 0. The van der Waals surface area contributed by atoms with Crippen molar-refractivity contribution in [2.45, 2.75) is 72.8 Å². The molecule has 0 spiro atoms. The van der Waals surface area contributed by atoms with E-state index in [9.17, 15) is 4.57 Å². The molecule has 0 amide bonds. The summed E-state index contributed by atoms with van der Waals surface area (Å²) >= 11 is 0. The van der Waals surface area contributed by atoms with E-state index in [0.29, 0.717) is 10.8 Å². The zero-order valence-electron chi connectivity index (χ0n) is 14.7. The largest absolute Gasteiger partial charge is 0.469 e. The van der Waals surface area contributed by atoms with Gasteiger partial charge in [-0.1, -0.05) is 34.6 Å². The van der Waals surface area contributed by atoms with Gasteiger partial charge in [-0.3, -0.25) is 4.52 Å². The fourth-order valence-electron chi connectivity index (χ4n) is 3.89. The first-order valence-electron chi connectivity index (χ1n) is 8.21. The van der Waals surface area contributed by atoms with Gasteiger partial charge < -0.3 is 14.5 Å². The van der Waals surface area contributed by atoms with Crippen LogP contribution in [0.15, 0.2) is 0 Å². The van der Waals surface area contributed by atoms with Crippen molar-refractivity contribution in [2.75, 3.05) is 13.2 Å². The number of hydrogen-bond donors (Lipinski definition) is 2. The molecule has 0 radical (unpaired) electrons. The van der Waals surface area contributed by atoms with Crippen molar-refractivity contribution in [3.8, 4) is 0 Å². The zero-order chi connectivity index (χ0) is 17.0. The van der Waals surface area contributed by atoms with Crippen LogP contribution < -0.4 is 0 Å². The molecule has 0 aliphatic heterocycles. The predicted octanol–water partition coefficient (Wildman–Crippen LogP) is 4.13. The Kier molecular flexibility index (Phi) is 7.10. The Balaban J connectivity index is 2.30. The molecule has 1 aliphatic carbocycles. The third kappa shape index (κ3) is 8.07. The molecule has 22 heavy (non-hydrogen) atoms. The minimum absolute atomic E-state index is 0.0558. The van der Waals surface area contributed by atoms with Crippen LogP contribution in [0.5, 0.6) is 0 Å². The fraction of sp³-hybridized carbons (Fsp3) is 1.00. The lowest BCUT2D eigenvalue weighted by Crippen LogP contribution is -2.34. The van der Waals surface area contributed by atoms with E-state index >= 15 is 0 Å². The van der Waals surface area contributed by atoms with Crippen molar-refractivity contribution in [1.29, 1.82) is 0 Å². The number of phosphoric acid groups is 1. The van der Waals surface area contributed by atoms with Gasteiger partial charge >= 0.3 is 7.82 Å². The van der Waals surface area contributed by atoms with Crippen molar-refractivity contribution >= 4 is 7.82 Å². The maximum Gasteiger partial charge on any atom is 0.469 e. The second kappa shape index (κ2) is 7.76. The average Bonchev–Trinajstić information content (AvgIpc) is 2.31. The maximum absolute atomic E-state index is 10.6. The summed E-state index contributed by atoms with van der Waals surface area (Å²) in [5, 5.41) is 0. The highest BCUT2D eigenvalue weighted by Gasteiger charge is 2.36. The molecule has 0 aromatic carbocycles. The molecule has 5 nitrogen and oxygen atoms in total. The topological polar surface area (TPSA) is 76.0 Å². The summed E-state index contributed by atoms with van der Waals surface area (Å²) < 4.78 is 20.6. The van der Waals surface area contributed by atoms with E-state index < -0.39 is 7.82 Å². The minimum atomic E-state index is -4.37. The third-order valence-corrected chi connectivity index (χ3v) is 4.98. The first-order chi connectivity index (χ1) is 9.89. The highest BCUT2D eigenvalue weighted by atomic mass is 31.2. The van der Waals surface area contributed by atoms with E-state index in [1.165, 1.54) is 6.42 Å². The highest BCUT2D eigenvalue weighted by molar-refractivity contribution is 7.46. The first kappa shape index (κ1) is 20.1. The monoisotopic (exact) mass is 336 g/mol. The Morgan fingerprint density at radius 1 is 1.00 bits per heavy atom. The van der Waals surface area contributed by atoms with Crippen molar-refractivity contribution in [3.05, 3.63) is 0 Å². The SMILES string of the molecule is CC(C)(C)CC(C)(C)C1CCC(OCCOP(=O)(O)O)CC1. The molecule has 0 heterocycles. The quantitative estimate of drug-likeness (QED) is 0.540. The van der Waals surface area contributed by atoms with Gasteiger partial charge in [0, 0.05) is 0 Å². The number of phosphoric ester groups is 1. The van der Waals surface area contributed by atoms with Gasteiger partial charge in [0.15, 0.2) is 0 Å². The van der Waals surface area contributed by atoms with Gasteiger partial charge in [-0.25, -0.2) is 4.57 Å². The number of hydrogen-bond acceptors (Lipinski definition) is 3. The van der Waals surface area contributed by atoms with Gasteiger partial charge in [0.05, 0.1) is 19.3 Å². The second-order valence-electron chi connectivity index (χ2n) is 8.39. The zero-order valence-corrected chi connectivity index (χ0v) is 15.6. The van der Waals surface area contributed by atoms with E-state index in [2.05, 4.69) is 39.1 Å². The van der Waals surface area contributed by atoms with Crippen molar-refractivity contribution < 1.29 is 23.6 Å². The summed E-state index contributed by atoms with van der Waals surface area (Å²) in [5.74, 6) is 0.720. The molecule has 0 aromatic heterocycles. The Labute approximate surface area is 135 Å². The summed E-state index contributed by atoms with van der Waals surface area (Å²) in [4.78, 5) is 17.2. The van der Waals surface area contributed by atoms with Crippen LogP contribution in [-0.2, 0) is 13.8 Å². The molecule has 0 bridgehead atoms. The summed E-state index contributed by atoms with van der Waals surface area (Å²) in [6.07, 6.45) is 5.77. The Morgan fingerprint density at radius 2 is 1.55 bits per heavy atom. The Bertz CT molecular complexity index is 374. The molecule has 2 N–H and O–H groups in total. The summed E-state index contributed by atoms with van der Waals surface area (Å²) in [6.45, 7) is 11.8. The Morgan fingerprint density at radius 3 is 2.00 bits per heavy atom. The van der Waals surface area contributed by atoms with Crippen LogP contribution in [0.1, 0.15) is 66.7 Å². The van der Waals surface area contributed by atoms with E-state index in [0.717, 1.165) is 31.6 Å². The van der Waals surface area contributed by atoms with E-state index in [1.54, 1.807) is 0 Å². The molecule has 0 saturated heterocycles. The van der Waals surface area contributed by atoms with Gasteiger partial charge in [0.2, 0.25) is 0 Å². The van der Waals surface area contributed by atoms with Gasteiger partial charge in [-0.2, -0.15) is 0 Å². The molecule has 1 fully saturated rings. The lowest BCUT2D eigenvalue weighted by atomic mass is 9.64. The Hall–Kier alpha value is 0.0700. The van der Waals surface area contributed by atoms with E-state index in [4.69, 9.17) is 14.5 Å². The maximum atomic E-state index is 10.6. The molecule has 0 unspecified atom stereocenters. The van der Waals surface area contributed by atoms with Gasteiger partial charge in [-0.05, 0) is 48.9 Å². The third-order valence-electron chi connectivity index (χ3n) is 4.46. The molecular weight excluding hydrogens is 303 g/mol. The molecule has 0 atom stereocenters. The first-order valence-corrected chi connectivity index (χ1v) is 9.74. The minimum Gasteiger partial charge on any atom is -0.376 e. The number of rotatable bonds is 7. The molecule has 132 valence electrons. The normalized spacial score (nSPS) is 24.5. The molecule has 1 rings (SSSR count). The fourth-order valence-corrected chi connectivity index (χ4v) is 4.21. The van der Waals surface area contributed by atoms with Crippen LogP contribution in [0.2, 0.25) is 0 Å². The van der Waals surface area contributed by atoms with E-state index in [-0.39, 0.29) is 19.3 Å². The van der Waals surface area contributed by atoms with Gasteiger partial charge in [0.1, 0.15) is 0 Å². The lowest BCUT2D eigenvalue weighted by Gasteiger charge is -2.42. The van der Waals surface area contributed by atoms with Crippen molar-refractivity contribution in [2.24, 2.45) is 16.7 Å². The smallest absolute Gasteiger partial charge is 0.376 e. The standard InChI is InChI=1S/C16H33O5P/c1-15(2,3)12-16(4,5)13-6-8-14(9-7-13)20-10-11-21-22(17,18)19/h13-14H,6-12H2,1-5H3,(H2,17,18,19). The van der Waals surface area contributed by atoms with Crippen LogP contribution in [0, 0.1) is 16.7 Å². The molecule has 1 aliphatic rings.